The first-order chi connectivity index (χ1) is 11.8. The van der Waals surface area contributed by atoms with E-state index >= 15 is 0 Å². The van der Waals surface area contributed by atoms with Crippen LogP contribution in [0.4, 0.5) is 0 Å². The highest BCUT2D eigenvalue weighted by molar-refractivity contribution is 7.88. The van der Waals surface area contributed by atoms with Gasteiger partial charge in [0.1, 0.15) is 0 Å². The predicted molar refractivity (Wildman–Crippen MR) is 101 cm³/mol. The Morgan fingerprint density at radius 2 is 1.92 bits per heavy atom. The molecule has 1 aromatic rings. The lowest BCUT2D eigenvalue weighted by Crippen LogP contribution is -2.45. The van der Waals surface area contributed by atoms with E-state index in [0.29, 0.717) is 25.9 Å². The van der Waals surface area contributed by atoms with Crippen LogP contribution < -0.4 is 5.32 Å². The second-order valence-electron chi connectivity index (χ2n) is 7.05. The molecule has 1 aliphatic rings. The monoisotopic (exact) mass is 366 g/mol. The average molecular weight is 367 g/mol. The fraction of sp³-hybridized carbons (Fsp3) is 0.632. The zero-order chi connectivity index (χ0) is 18.4. The van der Waals surface area contributed by atoms with E-state index in [9.17, 15) is 13.2 Å². The fourth-order valence-corrected chi connectivity index (χ4v) is 4.99. The van der Waals surface area contributed by atoms with Crippen LogP contribution in [-0.4, -0.2) is 37.8 Å². The lowest BCUT2D eigenvalue weighted by Gasteiger charge is -2.31. The van der Waals surface area contributed by atoms with Crippen LogP contribution in [0.15, 0.2) is 24.3 Å². The van der Waals surface area contributed by atoms with Crippen molar-refractivity contribution in [3.8, 4) is 0 Å². The van der Waals surface area contributed by atoms with Crippen molar-refractivity contribution in [2.75, 3.05) is 13.1 Å². The van der Waals surface area contributed by atoms with Gasteiger partial charge in [-0.05, 0) is 44.2 Å². The number of hydrogen-bond donors (Lipinski definition) is 1. The molecule has 0 radical (unpaired) electrons. The van der Waals surface area contributed by atoms with Gasteiger partial charge in [0.25, 0.3) is 0 Å². The maximum atomic E-state index is 12.7. The topological polar surface area (TPSA) is 66.5 Å². The Morgan fingerprint density at radius 1 is 1.28 bits per heavy atom. The van der Waals surface area contributed by atoms with Gasteiger partial charge in [-0.25, -0.2) is 12.7 Å². The normalized spacial score (nSPS) is 18.0. The molecular formula is C19H30N2O3S. The number of carbonyl (C=O) groups is 1. The zero-order valence-corrected chi connectivity index (χ0v) is 16.3. The molecule has 0 aromatic heterocycles. The van der Waals surface area contributed by atoms with Gasteiger partial charge in [0.15, 0.2) is 0 Å². The van der Waals surface area contributed by atoms with Crippen molar-refractivity contribution < 1.29 is 13.2 Å². The Bertz CT molecular complexity index is 680. The number of hydrogen-bond acceptors (Lipinski definition) is 3. The molecule has 1 aliphatic heterocycles. The van der Waals surface area contributed by atoms with Crippen molar-refractivity contribution in [1.29, 1.82) is 0 Å². The van der Waals surface area contributed by atoms with Crippen molar-refractivity contribution in [2.24, 2.45) is 5.92 Å². The highest BCUT2D eigenvalue weighted by atomic mass is 32.2. The van der Waals surface area contributed by atoms with Gasteiger partial charge in [-0.1, -0.05) is 37.6 Å². The molecule has 2 rings (SSSR count). The summed E-state index contributed by atoms with van der Waals surface area (Å²) in [5.74, 6) is 0.0190. The number of nitrogens with one attached hydrogen (secondary N) is 1. The number of nitrogens with zero attached hydrogens (tertiary/aromatic N) is 1. The highest BCUT2D eigenvalue weighted by Crippen LogP contribution is 2.23. The van der Waals surface area contributed by atoms with Gasteiger partial charge in [0, 0.05) is 25.0 Å². The molecule has 1 atom stereocenters. The number of benzene rings is 1. The Labute approximate surface area is 151 Å². The van der Waals surface area contributed by atoms with E-state index in [0.717, 1.165) is 24.0 Å². The maximum absolute atomic E-state index is 12.7. The van der Waals surface area contributed by atoms with E-state index in [1.165, 1.54) is 0 Å². The molecule has 0 aliphatic carbocycles. The van der Waals surface area contributed by atoms with Gasteiger partial charge in [0.05, 0.1) is 5.75 Å². The molecule has 0 bridgehead atoms. The summed E-state index contributed by atoms with van der Waals surface area (Å²) in [6, 6.07) is 7.75. The SMILES string of the molecule is CCC[C@@H](C)NC(=O)C1CCN(S(=O)(=O)Cc2ccccc2C)CC1. The minimum atomic E-state index is -3.34. The molecule has 1 amide bonds. The minimum Gasteiger partial charge on any atom is -0.353 e. The molecule has 25 heavy (non-hydrogen) atoms. The van der Waals surface area contributed by atoms with Gasteiger partial charge in [-0.2, -0.15) is 0 Å². The minimum absolute atomic E-state index is 0.0318. The summed E-state index contributed by atoms with van der Waals surface area (Å²) in [4.78, 5) is 12.3. The fourth-order valence-electron chi connectivity index (χ4n) is 3.32. The zero-order valence-electron chi connectivity index (χ0n) is 15.5. The standard InChI is InChI=1S/C19H30N2O3S/c1-4-7-16(3)20-19(22)17-10-12-21(13-11-17)25(23,24)14-18-9-6-5-8-15(18)2/h5-6,8-9,16-17H,4,7,10-14H2,1-3H3,(H,20,22)/t16-/m1/s1. The van der Waals surface area contributed by atoms with E-state index in [1.807, 2.05) is 38.1 Å². The van der Waals surface area contributed by atoms with Crippen LogP contribution in [0.1, 0.15) is 50.7 Å². The number of sulfonamides is 1. The Balaban J connectivity index is 1.90. The molecule has 1 N–H and O–H groups in total. The van der Waals surface area contributed by atoms with Crippen molar-refractivity contribution in [2.45, 2.75) is 58.2 Å². The number of piperidine rings is 1. The Kier molecular flexibility index (Phi) is 7.02. The number of amides is 1. The molecule has 5 nitrogen and oxygen atoms in total. The summed E-state index contributed by atoms with van der Waals surface area (Å²) in [7, 11) is -3.34. The second kappa shape index (κ2) is 8.81. The molecule has 1 heterocycles. The second-order valence-corrected chi connectivity index (χ2v) is 9.02. The largest absolute Gasteiger partial charge is 0.353 e. The molecule has 1 aromatic carbocycles. The Morgan fingerprint density at radius 3 is 2.52 bits per heavy atom. The van der Waals surface area contributed by atoms with Crippen molar-refractivity contribution >= 4 is 15.9 Å². The van der Waals surface area contributed by atoms with E-state index in [4.69, 9.17) is 0 Å². The molecule has 140 valence electrons. The van der Waals surface area contributed by atoms with Crippen LogP contribution in [0.5, 0.6) is 0 Å². The van der Waals surface area contributed by atoms with Crippen LogP contribution in [0.25, 0.3) is 0 Å². The Hall–Kier alpha value is -1.40. The lowest BCUT2D eigenvalue weighted by molar-refractivity contribution is -0.126. The molecule has 0 unspecified atom stereocenters. The average Bonchev–Trinajstić information content (AvgIpc) is 2.57. The van der Waals surface area contributed by atoms with Gasteiger partial charge in [-0.3, -0.25) is 4.79 Å². The number of rotatable bonds is 7. The van der Waals surface area contributed by atoms with E-state index in [-0.39, 0.29) is 23.6 Å². The molecule has 1 saturated heterocycles. The highest BCUT2D eigenvalue weighted by Gasteiger charge is 2.31. The van der Waals surface area contributed by atoms with Gasteiger partial charge >= 0.3 is 0 Å². The van der Waals surface area contributed by atoms with Crippen molar-refractivity contribution in [3.63, 3.8) is 0 Å². The van der Waals surface area contributed by atoms with Crippen LogP contribution in [0, 0.1) is 12.8 Å². The smallest absolute Gasteiger partial charge is 0.223 e. The third-order valence-electron chi connectivity index (χ3n) is 4.93. The number of aryl methyl sites for hydroxylation is 1. The van der Waals surface area contributed by atoms with Gasteiger partial charge in [0.2, 0.25) is 15.9 Å². The molecule has 6 heteroatoms. The summed E-state index contributed by atoms with van der Waals surface area (Å²) < 4.78 is 26.9. The predicted octanol–water partition coefficient (Wildman–Crippen LogP) is 2.84. The van der Waals surface area contributed by atoms with Crippen LogP contribution in [0.3, 0.4) is 0 Å². The molecule has 0 spiro atoms. The molecule has 0 saturated carbocycles. The van der Waals surface area contributed by atoms with Crippen LogP contribution in [0.2, 0.25) is 0 Å². The first kappa shape index (κ1) is 19.9. The molecule has 1 fully saturated rings. The third kappa shape index (κ3) is 5.54. The third-order valence-corrected chi connectivity index (χ3v) is 6.76. The summed E-state index contributed by atoms with van der Waals surface area (Å²) in [6.07, 6.45) is 3.20. The lowest BCUT2D eigenvalue weighted by atomic mass is 9.96. The molecular weight excluding hydrogens is 336 g/mol. The van der Waals surface area contributed by atoms with Crippen LogP contribution >= 0.6 is 0 Å². The van der Waals surface area contributed by atoms with E-state index in [1.54, 1.807) is 4.31 Å². The summed E-state index contributed by atoms with van der Waals surface area (Å²) in [5, 5.41) is 3.04. The van der Waals surface area contributed by atoms with Gasteiger partial charge in [-0.15, -0.1) is 0 Å². The van der Waals surface area contributed by atoms with E-state index in [2.05, 4.69) is 12.2 Å². The summed E-state index contributed by atoms with van der Waals surface area (Å²) in [5.41, 5.74) is 1.83. The summed E-state index contributed by atoms with van der Waals surface area (Å²) >= 11 is 0. The first-order valence-corrected chi connectivity index (χ1v) is 10.8. The first-order valence-electron chi connectivity index (χ1n) is 9.16. The van der Waals surface area contributed by atoms with Crippen molar-refractivity contribution in [1.82, 2.24) is 9.62 Å². The van der Waals surface area contributed by atoms with E-state index < -0.39 is 10.0 Å². The van der Waals surface area contributed by atoms with Crippen molar-refractivity contribution in [3.05, 3.63) is 35.4 Å². The summed E-state index contributed by atoms with van der Waals surface area (Å²) in [6.45, 7) is 6.89. The maximum Gasteiger partial charge on any atom is 0.223 e. The van der Waals surface area contributed by atoms with Gasteiger partial charge < -0.3 is 5.32 Å². The van der Waals surface area contributed by atoms with Crippen LogP contribution in [-0.2, 0) is 20.6 Å². The number of carbonyl (C=O) groups excluding carboxylic acids is 1. The quantitative estimate of drug-likeness (QED) is 0.807.